The molecule has 1 aromatic carbocycles. The third-order valence-electron chi connectivity index (χ3n) is 5.06. The van der Waals surface area contributed by atoms with Crippen LogP contribution in [0.25, 0.3) is 0 Å². The Labute approximate surface area is 122 Å². The van der Waals surface area contributed by atoms with Crippen LogP contribution in [0.15, 0.2) is 30.3 Å². The van der Waals surface area contributed by atoms with Gasteiger partial charge in [0.05, 0.1) is 6.61 Å². The minimum atomic E-state index is 0.458. The molecule has 2 aliphatic heterocycles. The highest BCUT2D eigenvalue weighted by Crippen LogP contribution is 2.43. The zero-order valence-electron chi connectivity index (χ0n) is 12.7. The Kier molecular flexibility index (Phi) is 4.11. The normalized spacial score (nSPS) is 31.4. The molecule has 0 N–H and O–H groups in total. The largest absolute Gasteiger partial charge is 0.384 e. The first-order valence-corrected chi connectivity index (χ1v) is 7.66. The van der Waals surface area contributed by atoms with E-state index in [0.29, 0.717) is 11.3 Å². The van der Waals surface area contributed by atoms with Gasteiger partial charge in [-0.3, -0.25) is 4.90 Å². The minimum Gasteiger partial charge on any atom is -0.384 e. The van der Waals surface area contributed by atoms with Crippen LogP contribution in [0.5, 0.6) is 0 Å². The van der Waals surface area contributed by atoms with Gasteiger partial charge in [0.25, 0.3) is 0 Å². The summed E-state index contributed by atoms with van der Waals surface area (Å²) in [5.41, 5.74) is 1.89. The van der Waals surface area contributed by atoms with E-state index in [2.05, 4.69) is 47.2 Å². The molecule has 3 nitrogen and oxygen atoms in total. The lowest BCUT2D eigenvalue weighted by molar-refractivity contribution is 0.0959. The van der Waals surface area contributed by atoms with Crippen molar-refractivity contribution in [1.29, 1.82) is 0 Å². The third-order valence-corrected chi connectivity index (χ3v) is 5.06. The van der Waals surface area contributed by atoms with Crippen molar-refractivity contribution in [1.82, 2.24) is 9.80 Å². The first-order valence-electron chi connectivity index (χ1n) is 7.66. The Bertz CT molecular complexity index is 436. The maximum Gasteiger partial charge on any atom is 0.0509 e. The van der Waals surface area contributed by atoms with Crippen LogP contribution in [0.3, 0.4) is 0 Å². The molecular formula is C17H26N2O. The van der Waals surface area contributed by atoms with E-state index in [1.54, 1.807) is 0 Å². The molecule has 2 fully saturated rings. The second-order valence-corrected chi connectivity index (χ2v) is 6.66. The first kappa shape index (κ1) is 14.1. The molecule has 0 amide bonds. The maximum absolute atomic E-state index is 5.47. The van der Waals surface area contributed by atoms with Crippen molar-refractivity contribution in [3.05, 3.63) is 35.9 Å². The summed E-state index contributed by atoms with van der Waals surface area (Å²) in [5, 5.41) is 0. The van der Waals surface area contributed by atoms with E-state index in [0.717, 1.165) is 13.2 Å². The predicted molar refractivity (Wildman–Crippen MR) is 81.6 cm³/mol. The number of hydrogen-bond acceptors (Lipinski definition) is 3. The van der Waals surface area contributed by atoms with Crippen LogP contribution < -0.4 is 0 Å². The first-order chi connectivity index (χ1) is 9.72. The topological polar surface area (TPSA) is 15.7 Å². The summed E-state index contributed by atoms with van der Waals surface area (Å²) in [6.07, 6.45) is 1.32. The summed E-state index contributed by atoms with van der Waals surface area (Å²) in [5.74, 6) is 0.693. The van der Waals surface area contributed by atoms with E-state index in [9.17, 15) is 0 Å². The van der Waals surface area contributed by atoms with E-state index in [-0.39, 0.29) is 0 Å². The molecule has 0 unspecified atom stereocenters. The SMILES string of the molecule is COC[C@@H]1CN(C)C[C@@]12CCN(Cc1ccccc1)C2. The van der Waals surface area contributed by atoms with E-state index < -0.39 is 0 Å². The lowest BCUT2D eigenvalue weighted by Gasteiger charge is -2.30. The van der Waals surface area contributed by atoms with Crippen molar-refractivity contribution in [3.8, 4) is 0 Å². The fourth-order valence-corrected chi connectivity index (χ4v) is 4.15. The number of methoxy groups -OCH3 is 1. The van der Waals surface area contributed by atoms with Crippen molar-refractivity contribution in [2.75, 3.05) is 46.9 Å². The average Bonchev–Trinajstić information content (AvgIpc) is 2.96. The molecule has 0 bridgehead atoms. The quantitative estimate of drug-likeness (QED) is 0.836. The number of nitrogens with zero attached hydrogens (tertiary/aromatic N) is 2. The monoisotopic (exact) mass is 274 g/mol. The Morgan fingerprint density at radius 3 is 2.80 bits per heavy atom. The van der Waals surface area contributed by atoms with Crippen molar-refractivity contribution < 1.29 is 4.74 Å². The fourth-order valence-electron chi connectivity index (χ4n) is 4.15. The van der Waals surface area contributed by atoms with Crippen LogP contribution in [0.2, 0.25) is 0 Å². The van der Waals surface area contributed by atoms with Gasteiger partial charge in [0.15, 0.2) is 0 Å². The van der Waals surface area contributed by atoms with Gasteiger partial charge in [-0.2, -0.15) is 0 Å². The van der Waals surface area contributed by atoms with Gasteiger partial charge in [0.2, 0.25) is 0 Å². The molecule has 20 heavy (non-hydrogen) atoms. The summed E-state index contributed by atoms with van der Waals surface area (Å²) >= 11 is 0. The molecule has 2 saturated heterocycles. The van der Waals surface area contributed by atoms with Crippen LogP contribution in [-0.4, -0.2) is 56.7 Å². The molecule has 1 spiro atoms. The Morgan fingerprint density at radius 1 is 1.25 bits per heavy atom. The molecule has 0 radical (unpaired) electrons. The zero-order chi connectivity index (χ0) is 14.0. The van der Waals surface area contributed by atoms with Gasteiger partial charge in [-0.25, -0.2) is 0 Å². The van der Waals surface area contributed by atoms with Gasteiger partial charge in [-0.05, 0) is 25.6 Å². The number of rotatable bonds is 4. The van der Waals surface area contributed by atoms with Crippen molar-refractivity contribution in [2.24, 2.45) is 11.3 Å². The van der Waals surface area contributed by atoms with E-state index in [1.165, 1.54) is 38.2 Å². The summed E-state index contributed by atoms with van der Waals surface area (Å²) in [6, 6.07) is 10.8. The van der Waals surface area contributed by atoms with E-state index in [1.807, 2.05) is 7.11 Å². The number of benzene rings is 1. The number of likely N-dealkylation sites (tertiary alicyclic amines) is 2. The maximum atomic E-state index is 5.47. The Balaban J connectivity index is 1.66. The highest BCUT2D eigenvalue weighted by atomic mass is 16.5. The lowest BCUT2D eigenvalue weighted by Crippen LogP contribution is -2.35. The molecule has 2 heterocycles. The highest BCUT2D eigenvalue weighted by Gasteiger charge is 2.49. The molecule has 3 rings (SSSR count). The van der Waals surface area contributed by atoms with Crippen LogP contribution in [0.4, 0.5) is 0 Å². The zero-order valence-corrected chi connectivity index (χ0v) is 12.7. The Morgan fingerprint density at radius 2 is 2.05 bits per heavy atom. The van der Waals surface area contributed by atoms with Gasteiger partial charge in [0, 0.05) is 44.6 Å². The number of hydrogen-bond donors (Lipinski definition) is 0. The standard InChI is InChI=1S/C17H26N2O/c1-18-11-16(12-20-2)17(13-18)8-9-19(14-17)10-15-6-4-3-5-7-15/h3-7,16H,8-14H2,1-2H3/t16-,17+/m0/s1. The lowest BCUT2D eigenvalue weighted by atomic mass is 9.78. The molecule has 2 aliphatic rings. The van der Waals surface area contributed by atoms with Gasteiger partial charge < -0.3 is 9.64 Å². The molecule has 1 aromatic rings. The second-order valence-electron chi connectivity index (χ2n) is 6.66. The van der Waals surface area contributed by atoms with E-state index >= 15 is 0 Å². The second kappa shape index (κ2) is 5.84. The minimum absolute atomic E-state index is 0.458. The molecular weight excluding hydrogens is 248 g/mol. The molecule has 0 aromatic heterocycles. The van der Waals surface area contributed by atoms with Gasteiger partial charge in [-0.1, -0.05) is 30.3 Å². The molecule has 2 atom stereocenters. The van der Waals surface area contributed by atoms with Gasteiger partial charge >= 0.3 is 0 Å². The van der Waals surface area contributed by atoms with Gasteiger partial charge in [-0.15, -0.1) is 0 Å². The fraction of sp³-hybridized carbons (Fsp3) is 0.647. The van der Waals surface area contributed by atoms with Crippen molar-refractivity contribution in [3.63, 3.8) is 0 Å². The van der Waals surface area contributed by atoms with Crippen molar-refractivity contribution in [2.45, 2.75) is 13.0 Å². The molecule has 110 valence electrons. The van der Waals surface area contributed by atoms with Gasteiger partial charge in [0.1, 0.15) is 0 Å². The van der Waals surface area contributed by atoms with Crippen LogP contribution in [-0.2, 0) is 11.3 Å². The summed E-state index contributed by atoms with van der Waals surface area (Å²) in [6.45, 7) is 6.86. The molecule has 3 heteroatoms. The molecule has 0 aliphatic carbocycles. The van der Waals surface area contributed by atoms with Crippen LogP contribution >= 0.6 is 0 Å². The van der Waals surface area contributed by atoms with Crippen LogP contribution in [0.1, 0.15) is 12.0 Å². The third kappa shape index (κ3) is 2.76. The Hall–Kier alpha value is -0.900. The van der Waals surface area contributed by atoms with Crippen LogP contribution in [0, 0.1) is 11.3 Å². The average molecular weight is 274 g/mol. The smallest absolute Gasteiger partial charge is 0.0509 e. The predicted octanol–water partition coefficient (Wildman–Crippen LogP) is 2.09. The summed E-state index contributed by atoms with van der Waals surface area (Å²) < 4.78 is 5.47. The summed E-state index contributed by atoms with van der Waals surface area (Å²) in [4.78, 5) is 5.10. The molecule has 0 saturated carbocycles. The van der Waals surface area contributed by atoms with E-state index in [4.69, 9.17) is 4.74 Å². The highest BCUT2D eigenvalue weighted by molar-refractivity contribution is 5.15. The van der Waals surface area contributed by atoms with Crippen molar-refractivity contribution >= 4 is 0 Å². The summed E-state index contributed by atoms with van der Waals surface area (Å²) in [7, 11) is 4.08. The number of ether oxygens (including phenoxy) is 1.